The van der Waals surface area contributed by atoms with Gasteiger partial charge in [0, 0.05) is 11.3 Å². The Morgan fingerprint density at radius 2 is 1.90 bits per heavy atom. The zero-order chi connectivity index (χ0) is 8.36. The lowest BCUT2D eigenvalue weighted by Crippen LogP contribution is -2.28. The largest absolute Gasteiger partial charge is 0.303 e. The molecule has 0 saturated carbocycles. The first kappa shape index (κ1) is 9.34. The molecule has 0 radical (unpaired) electrons. The van der Waals surface area contributed by atoms with Gasteiger partial charge in [0.2, 0.25) is 0 Å². The standard InChI is InChI=1S/C8H14O2/c1-6(7(2)10)8(3,4)5-9/h5-6H,1-4H3. The SMILES string of the molecule is CC(=O)C(C)C(C)(C)C=O. The second-order valence-electron chi connectivity index (χ2n) is 3.27. The van der Waals surface area contributed by atoms with Gasteiger partial charge in [-0.15, -0.1) is 0 Å². The minimum absolute atomic E-state index is 0.0668. The van der Waals surface area contributed by atoms with Crippen molar-refractivity contribution in [2.75, 3.05) is 0 Å². The fourth-order valence-electron chi connectivity index (χ4n) is 0.626. The zero-order valence-corrected chi connectivity index (χ0v) is 6.97. The van der Waals surface area contributed by atoms with E-state index in [0.29, 0.717) is 0 Å². The Kier molecular flexibility index (Phi) is 2.76. The third-order valence-electron chi connectivity index (χ3n) is 2.03. The number of aldehydes is 1. The highest BCUT2D eigenvalue weighted by molar-refractivity contribution is 5.82. The van der Waals surface area contributed by atoms with Gasteiger partial charge in [-0.05, 0) is 6.92 Å². The van der Waals surface area contributed by atoms with Gasteiger partial charge in [-0.3, -0.25) is 4.79 Å². The molecule has 0 aromatic carbocycles. The molecular formula is C8H14O2. The van der Waals surface area contributed by atoms with Crippen molar-refractivity contribution in [1.82, 2.24) is 0 Å². The van der Waals surface area contributed by atoms with Crippen LogP contribution in [0.4, 0.5) is 0 Å². The Morgan fingerprint density at radius 1 is 1.50 bits per heavy atom. The van der Waals surface area contributed by atoms with Crippen LogP contribution < -0.4 is 0 Å². The summed E-state index contributed by atoms with van der Waals surface area (Å²) in [6, 6.07) is 0. The van der Waals surface area contributed by atoms with Crippen LogP contribution in [0.1, 0.15) is 27.7 Å². The van der Waals surface area contributed by atoms with Crippen molar-refractivity contribution in [3.63, 3.8) is 0 Å². The van der Waals surface area contributed by atoms with Crippen molar-refractivity contribution in [3.8, 4) is 0 Å². The van der Waals surface area contributed by atoms with Crippen LogP contribution in [0.5, 0.6) is 0 Å². The number of rotatable bonds is 3. The van der Waals surface area contributed by atoms with E-state index in [9.17, 15) is 9.59 Å². The van der Waals surface area contributed by atoms with E-state index in [1.54, 1.807) is 20.8 Å². The Morgan fingerprint density at radius 3 is 2.00 bits per heavy atom. The number of carbonyl (C=O) groups is 2. The maximum absolute atomic E-state index is 10.8. The van der Waals surface area contributed by atoms with E-state index in [1.165, 1.54) is 6.92 Å². The molecule has 1 unspecified atom stereocenters. The number of Topliss-reactive ketones (excluding diaryl/α,β-unsaturated/α-hetero) is 1. The van der Waals surface area contributed by atoms with Gasteiger partial charge in [-0.25, -0.2) is 0 Å². The fourth-order valence-corrected chi connectivity index (χ4v) is 0.626. The predicted octanol–water partition coefficient (Wildman–Crippen LogP) is 1.44. The molecule has 0 amide bonds. The predicted molar refractivity (Wildman–Crippen MR) is 39.7 cm³/mol. The second kappa shape index (κ2) is 2.95. The Hall–Kier alpha value is -0.660. The molecule has 0 saturated heterocycles. The summed E-state index contributed by atoms with van der Waals surface area (Å²) in [4.78, 5) is 21.2. The molecule has 2 nitrogen and oxygen atoms in total. The molecule has 0 bridgehead atoms. The van der Waals surface area contributed by atoms with Crippen molar-refractivity contribution in [3.05, 3.63) is 0 Å². The molecule has 2 heteroatoms. The van der Waals surface area contributed by atoms with Gasteiger partial charge in [0.1, 0.15) is 12.1 Å². The summed E-state index contributed by atoms with van der Waals surface area (Å²) in [7, 11) is 0. The highest BCUT2D eigenvalue weighted by Gasteiger charge is 2.28. The maximum atomic E-state index is 10.8. The van der Waals surface area contributed by atoms with E-state index in [2.05, 4.69) is 0 Å². The van der Waals surface area contributed by atoms with E-state index in [0.717, 1.165) is 6.29 Å². The number of carbonyl (C=O) groups excluding carboxylic acids is 2. The molecule has 0 N–H and O–H groups in total. The van der Waals surface area contributed by atoms with Crippen molar-refractivity contribution in [1.29, 1.82) is 0 Å². The van der Waals surface area contributed by atoms with Crippen molar-refractivity contribution < 1.29 is 9.59 Å². The number of hydrogen-bond acceptors (Lipinski definition) is 2. The summed E-state index contributed by atoms with van der Waals surface area (Å²) < 4.78 is 0. The molecule has 0 aliphatic rings. The summed E-state index contributed by atoms with van der Waals surface area (Å²) in [6.45, 7) is 6.82. The van der Waals surface area contributed by atoms with Crippen LogP contribution in [0.25, 0.3) is 0 Å². The summed E-state index contributed by atoms with van der Waals surface area (Å²) >= 11 is 0. The molecule has 0 rings (SSSR count). The lowest BCUT2D eigenvalue weighted by molar-refractivity contribution is -0.129. The first-order chi connectivity index (χ1) is 4.41. The average molecular weight is 142 g/mol. The molecule has 58 valence electrons. The Labute approximate surface area is 61.6 Å². The lowest BCUT2D eigenvalue weighted by atomic mass is 9.79. The minimum atomic E-state index is -0.508. The molecule has 0 spiro atoms. The Balaban J connectivity index is 4.31. The molecular weight excluding hydrogens is 128 g/mol. The number of hydrogen-bond donors (Lipinski definition) is 0. The van der Waals surface area contributed by atoms with Crippen LogP contribution in [0.15, 0.2) is 0 Å². The molecule has 0 aromatic heterocycles. The molecule has 0 fully saturated rings. The van der Waals surface area contributed by atoms with Crippen LogP contribution in [0, 0.1) is 11.3 Å². The topological polar surface area (TPSA) is 34.1 Å². The van der Waals surface area contributed by atoms with Gasteiger partial charge in [-0.1, -0.05) is 20.8 Å². The first-order valence-electron chi connectivity index (χ1n) is 3.38. The van der Waals surface area contributed by atoms with E-state index in [1.807, 2.05) is 0 Å². The van der Waals surface area contributed by atoms with E-state index in [-0.39, 0.29) is 11.7 Å². The van der Waals surface area contributed by atoms with Crippen LogP contribution in [0.3, 0.4) is 0 Å². The summed E-state index contributed by atoms with van der Waals surface area (Å²) in [5.41, 5.74) is -0.508. The zero-order valence-electron chi connectivity index (χ0n) is 6.97. The van der Waals surface area contributed by atoms with Gasteiger partial charge in [0.15, 0.2) is 0 Å². The van der Waals surface area contributed by atoms with Gasteiger partial charge in [0.25, 0.3) is 0 Å². The molecule has 0 heterocycles. The summed E-state index contributed by atoms with van der Waals surface area (Å²) in [5, 5.41) is 0. The van der Waals surface area contributed by atoms with E-state index >= 15 is 0 Å². The van der Waals surface area contributed by atoms with Gasteiger partial charge in [0.05, 0.1) is 0 Å². The minimum Gasteiger partial charge on any atom is -0.303 e. The van der Waals surface area contributed by atoms with Gasteiger partial charge < -0.3 is 4.79 Å². The highest BCUT2D eigenvalue weighted by atomic mass is 16.1. The molecule has 10 heavy (non-hydrogen) atoms. The monoisotopic (exact) mass is 142 g/mol. The summed E-state index contributed by atoms with van der Waals surface area (Å²) in [5.74, 6) is -0.109. The smallest absolute Gasteiger partial charge is 0.133 e. The normalized spacial score (nSPS) is 14.4. The molecule has 0 aliphatic heterocycles. The third-order valence-corrected chi connectivity index (χ3v) is 2.03. The van der Waals surface area contributed by atoms with Crippen LogP contribution in [-0.2, 0) is 9.59 Å². The summed E-state index contributed by atoms with van der Waals surface area (Å²) in [6.07, 6.45) is 0.832. The van der Waals surface area contributed by atoms with E-state index < -0.39 is 5.41 Å². The van der Waals surface area contributed by atoms with Crippen molar-refractivity contribution in [2.45, 2.75) is 27.7 Å². The van der Waals surface area contributed by atoms with Gasteiger partial charge >= 0.3 is 0 Å². The quantitative estimate of drug-likeness (QED) is 0.559. The van der Waals surface area contributed by atoms with Crippen LogP contribution in [-0.4, -0.2) is 12.1 Å². The Bertz CT molecular complexity index is 147. The third kappa shape index (κ3) is 1.94. The first-order valence-corrected chi connectivity index (χ1v) is 3.38. The fraction of sp³-hybridized carbons (Fsp3) is 0.750. The van der Waals surface area contributed by atoms with Crippen molar-refractivity contribution in [2.24, 2.45) is 11.3 Å². The van der Waals surface area contributed by atoms with Crippen LogP contribution in [0.2, 0.25) is 0 Å². The number of ketones is 1. The van der Waals surface area contributed by atoms with Crippen molar-refractivity contribution >= 4 is 12.1 Å². The van der Waals surface area contributed by atoms with E-state index in [4.69, 9.17) is 0 Å². The highest BCUT2D eigenvalue weighted by Crippen LogP contribution is 2.23. The second-order valence-corrected chi connectivity index (χ2v) is 3.27. The lowest BCUT2D eigenvalue weighted by Gasteiger charge is -2.22. The molecule has 1 atom stereocenters. The maximum Gasteiger partial charge on any atom is 0.133 e. The average Bonchev–Trinajstić information content (AvgIpc) is 1.86. The van der Waals surface area contributed by atoms with Gasteiger partial charge in [-0.2, -0.15) is 0 Å². The molecule has 0 aromatic rings. The van der Waals surface area contributed by atoms with Crippen LogP contribution >= 0.6 is 0 Å². The molecule has 0 aliphatic carbocycles.